The number of Topliss-reactive ketones (excluding diaryl/α,β-unsaturated/α-hetero) is 1. The largest absolute Gasteiger partial charge is 0.361 e. The molecule has 0 radical (unpaired) electrons. The van der Waals surface area contributed by atoms with Crippen molar-refractivity contribution in [1.29, 1.82) is 0 Å². The normalized spacial score (nSPS) is 29.8. The molecule has 1 aromatic carbocycles. The van der Waals surface area contributed by atoms with Crippen molar-refractivity contribution < 1.29 is 9.59 Å². The lowest BCUT2D eigenvalue weighted by atomic mass is 9.70. The van der Waals surface area contributed by atoms with Gasteiger partial charge in [-0.1, -0.05) is 20.8 Å². The molecule has 2 fully saturated rings. The highest BCUT2D eigenvalue weighted by molar-refractivity contribution is 6.04. The zero-order valence-electron chi connectivity index (χ0n) is 14.2. The number of benzene rings is 1. The SMILES string of the molecule is CC(=O)Nc1ccc(N/C=C2/C(=O)[C@@]3(C)CC[C@@H]2C3(C)C)cc1. The summed E-state index contributed by atoms with van der Waals surface area (Å²) in [6.45, 7) is 8.02. The lowest BCUT2D eigenvalue weighted by molar-refractivity contribution is -0.125. The summed E-state index contributed by atoms with van der Waals surface area (Å²) in [7, 11) is 0. The average Bonchev–Trinajstić information content (AvgIpc) is 2.79. The van der Waals surface area contributed by atoms with E-state index in [0.29, 0.717) is 11.7 Å². The van der Waals surface area contributed by atoms with Gasteiger partial charge in [0, 0.05) is 35.5 Å². The van der Waals surface area contributed by atoms with Gasteiger partial charge in [-0.2, -0.15) is 0 Å². The monoisotopic (exact) mass is 312 g/mol. The van der Waals surface area contributed by atoms with E-state index >= 15 is 0 Å². The molecule has 0 aliphatic heterocycles. The number of allylic oxidation sites excluding steroid dienone is 1. The molecule has 2 aliphatic carbocycles. The molecule has 3 rings (SSSR count). The molecule has 2 aliphatic rings. The fraction of sp³-hybridized carbons (Fsp3) is 0.474. The summed E-state index contributed by atoms with van der Waals surface area (Å²) in [5, 5.41) is 5.98. The molecule has 0 heterocycles. The molecule has 122 valence electrons. The first kappa shape index (κ1) is 15.8. The van der Waals surface area contributed by atoms with Crippen LogP contribution in [0.3, 0.4) is 0 Å². The minimum atomic E-state index is -0.222. The van der Waals surface area contributed by atoms with E-state index in [1.807, 2.05) is 30.5 Å². The van der Waals surface area contributed by atoms with Crippen molar-refractivity contribution in [2.24, 2.45) is 16.7 Å². The van der Waals surface area contributed by atoms with Crippen LogP contribution < -0.4 is 10.6 Å². The summed E-state index contributed by atoms with van der Waals surface area (Å²) in [5.41, 5.74) is 2.41. The quantitative estimate of drug-likeness (QED) is 0.830. The first-order chi connectivity index (χ1) is 10.8. The van der Waals surface area contributed by atoms with Crippen molar-refractivity contribution in [3.8, 4) is 0 Å². The fourth-order valence-corrected chi connectivity index (χ4v) is 4.11. The Kier molecular flexibility index (Phi) is 3.58. The topological polar surface area (TPSA) is 58.2 Å². The van der Waals surface area contributed by atoms with Gasteiger partial charge in [0.25, 0.3) is 0 Å². The maximum atomic E-state index is 12.7. The van der Waals surface area contributed by atoms with Crippen LogP contribution >= 0.6 is 0 Å². The van der Waals surface area contributed by atoms with Crippen molar-refractivity contribution in [2.45, 2.75) is 40.5 Å². The Hall–Kier alpha value is -2.10. The Morgan fingerprint density at radius 3 is 2.30 bits per heavy atom. The number of carbonyl (C=O) groups is 2. The van der Waals surface area contributed by atoms with Crippen LogP contribution in [-0.4, -0.2) is 11.7 Å². The van der Waals surface area contributed by atoms with Crippen LogP contribution in [0, 0.1) is 16.7 Å². The van der Waals surface area contributed by atoms with Crippen molar-refractivity contribution >= 4 is 23.1 Å². The molecular formula is C19H24N2O2. The molecule has 4 heteroatoms. The van der Waals surface area contributed by atoms with Gasteiger partial charge in [0.1, 0.15) is 0 Å². The zero-order chi connectivity index (χ0) is 16.8. The van der Waals surface area contributed by atoms with E-state index in [2.05, 4.69) is 31.4 Å². The molecular weight excluding hydrogens is 288 g/mol. The predicted octanol–water partition coefficient (Wildman–Crippen LogP) is 3.97. The van der Waals surface area contributed by atoms with E-state index in [1.54, 1.807) is 0 Å². The minimum Gasteiger partial charge on any atom is -0.361 e. The number of hydrogen-bond donors (Lipinski definition) is 2. The number of fused-ring (bicyclic) bond motifs is 2. The van der Waals surface area contributed by atoms with E-state index in [9.17, 15) is 9.59 Å². The van der Waals surface area contributed by atoms with Crippen molar-refractivity contribution in [2.75, 3.05) is 10.6 Å². The molecule has 0 aromatic heterocycles. The van der Waals surface area contributed by atoms with E-state index in [0.717, 1.165) is 29.8 Å². The zero-order valence-corrected chi connectivity index (χ0v) is 14.2. The summed E-state index contributed by atoms with van der Waals surface area (Å²) < 4.78 is 0. The number of hydrogen-bond acceptors (Lipinski definition) is 3. The molecule has 1 amide bonds. The Bertz CT molecular complexity index is 688. The van der Waals surface area contributed by atoms with Crippen LogP contribution in [0.25, 0.3) is 0 Å². The van der Waals surface area contributed by atoms with Crippen LogP contribution in [0.4, 0.5) is 11.4 Å². The third-order valence-corrected chi connectivity index (χ3v) is 5.96. The molecule has 2 saturated carbocycles. The van der Waals surface area contributed by atoms with Gasteiger partial charge in [0.2, 0.25) is 5.91 Å². The number of ketones is 1. The highest BCUT2D eigenvalue weighted by Crippen LogP contribution is 2.65. The minimum absolute atomic E-state index is 0.0346. The number of carbonyl (C=O) groups excluding carboxylic acids is 2. The van der Waals surface area contributed by atoms with E-state index < -0.39 is 0 Å². The van der Waals surface area contributed by atoms with Crippen LogP contribution in [-0.2, 0) is 9.59 Å². The number of nitrogens with one attached hydrogen (secondary N) is 2. The van der Waals surface area contributed by atoms with Gasteiger partial charge in [-0.25, -0.2) is 0 Å². The van der Waals surface area contributed by atoms with Crippen molar-refractivity contribution in [3.63, 3.8) is 0 Å². The van der Waals surface area contributed by atoms with E-state index in [-0.39, 0.29) is 16.7 Å². The smallest absolute Gasteiger partial charge is 0.221 e. The Balaban J connectivity index is 1.76. The Morgan fingerprint density at radius 2 is 1.78 bits per heavy atom. The van der Waals surface area contributed by atoms with Gasteiger partial charge < -0.3 is 10.6 Å². The van der Waals surface area contributed by atoms with Crippen LogP contribution in [0.5, 0.6) is 0 Å². The third kappa shape index (κ3) is 2.37. The predicted molar refractivity (Wildman–Crippen MR) is 92.1 cm³/mol. The standard InChI is InChI=1S/C19H24N2O2/c1-12(22)21-14-7-5-13(6-8-14)20-11-15-16-9-10-19(4,17(15)23)18(16,2)3/h5-8,11,16,20H,9-10H2,1-4H3,(H,21,22)/b15-11+/t16-,19+/m0/s1. The summed E-state index contributed by atoms with van der Waals surface area (Å²) >= 11 is 0. The maximum Gasteiger partial charge on any atom is 0.221 e. The average molecular weight is 312 g/mol. The lowest BCUT2D eigenvalue weighted by Gasteiger charge is -2.31. The van der Waals surface area contributed by atoms with E-state index in [1.165, 1.54) is 6.92 Å². The second-order valence-corrected chi connectivity index (χ2v) is 7.48. The number of anilines is 2. The second kappa shape index (κ2) is 5.22. The highest BCUT2D eigenvalue weighted by Gasteiger charge is 2.63. The van der Waals surface area contributed by atoms with Gasteiger partial charge >= 0.3 is 0 Å². The molecule has 23 heavy (non-hydrogen) atoms. The first-order valence-corrected chi connectivity index (χ1v) is 8.15. The summed E-state index contributed by atoms with van der Waals surface area (Å²) in [6, 6.07) is 7.48. The lowest BCUT2D eigenvalue weighted by Crippen LogP contribution is -2.32. The van der Waals surface area contributed by atoms with Gasteiger partial charge in [0.05, 0.1) is 0 Å². The van der Waals surface area contributed by atoms with Crippen molar-refractivity contribution in [1.82, 2.24) is 0 Å². The molecule has 2 bridgehead atoms. The molecule has 2 N–H and O–H groups in total. The molecule has 4 nitrogen and oxygen atoms in total. The Labute approximate surface area is 137 Å². The van der Waals surface area contributed by atoms with Gasteiger partial charge in [-0.05, 0) is 48.4 Å². The van der Waals surface area contributed by atoms with Crippen LogP contribution in [0.2, 0.25) is 0 Å². The third-order valence-electron chi connectivity index (χ3n) is 5.96. The summed E-state index contributed by atoms with van der Waals surface area (Å²) in [6.07, 6.45) is 3.96. The van der Waals surface area contributed by atoms with Crippen LogP contribution in [0.1, 0.15) is 40.5 Å². The number of rotatable bonds is 3. The Morgan fingerprint density at radius 1 is 1.17 bits per heavy atom. The van der Waals surface area contributed by atoms with Crippen LogP contribution in [0.15, 0.2) is 36.0 Å². The van der Waals surface area contributed by atoms with Gasteiger partial charge in [-0.3, -0.25) is 9.59 Å². The number of amides is 1. The molecule has 1 aromatic rings. The second-order valence-electron chi connectivity index (χ2n) is 7.48. The maximum absolute atomic E-state index is 12.7. The fourth-order valence-electron chi connectivity index (χ4n) is 4.11. The van der Waals surface area contributed by atoms with Gasteiger partial charge in [0.15, 0.2) is 5.78 Å². The van der Waals surface area contributed by atoms with E-state index in [4.69, 9.17) is 0 Å². The molecule has 0 spiro atoms. The highest BCUT2D eigenvalue weighted by atomic mass is 16.1. The summed E-state index contributed by atoms with van der Waals surface area (Å²) in [5.74, 6) is 0.545. The first-order valence-electron chi connectivity index (χ1n) is 8.15. The molecule has 0 unspecified atom stereocenters. The molecule has 0 saturated heterocycles. The van der Waals surface area contributed by atoms with Gasteiger partial charge in [-0.15, -0.1) is 0 Å². The summed E-state index contributed by atoms with van der Waals surface area (Å²) in [4.78, 5) is 23.8. The molecule has 2 atom stereocenters. The van der Waals surface area contributed by atoms with Crippen molar-refractivity contribution in [3.05, 3.63) is 36.0 Å².